The smallest absolute Gasteiger partial charge is 0.107 e. The van der Waals surface area contributed by atoms with Gasteiger partial charge in [-0.3, -0.25) is 0 Å². The van der Waals surface area contributed by atoms with Crippen LogP contribution in [-0.2, 0) is 6.42 Å². The van der Waals surface area contributed by atoms with Crippen LogP contribution < -0.4 is 5.73 Å². The number of nitrogens with two attached hydrogens (primary N) is 1. The van der Waals surface area contributed by atoms with Crippen molar-refractivity contribution in [3.63, 3.8) is 0 Å². The first-order valence-corrected chi connectivity index (χ1v) is 3.52. The molecule has 0 aliphatic heterocycles. The van der Waals surface area contributed by atoms with Crippen molar-refractivity contribution in [2.45, 2.75) is 18.9 Å². The highest BCUT2D eigenvalue weighted by molar-refractivity contribution is 4.95. The molecule has 1 aromatic heterocycles. The van der Waals surface area contributed by atoms with Gasteiger partial charge in [-0.2, -0.15) is 0 Å². The van der Waals surface area contributed by atoms with Crippen LogP contribution in [0.15, 0.2) is 12.4 Å². The Morgan fingerprint density at radius 1 is 1.82 bits per heavy atom. The Kier molecular flexibility index (Phi) is 2.26. The third-order valence-corrected chi connectivity index (χ3v) is 1.49. The lowest BCUT2D eigenvalue weighted by Gasteiger charge is -2.19. The third-order valence-electron chi connectivity index (χ3n) is 1.49. The second kappa shape index (κ2) is 3.02. The zero-order chi connectivity index (χ0) is 8.32. The second-order valence-corrected chi connectivity index (χ2v) is 3.02. The average Bonchev–Trinajstić information content (AvgIpc) is 2.39. The number of aromatic nitrogens is 2. The molecule has 1 rings (SSSR count). The van der Waals surface area contributed by atoms with Crippen molar-refractivity contribution in [2.75, 3.05) is 6.61 Å². The summed E-state index contributed by atoms with van der Waals surface area (Å²) in [7, 11) is 0. The van der Waals surface area contributed by atoms with Gasteiger partial charge in [-0.15, -0.1) is 0 Å². The molecule has 0 saturated carbocycles. The minimum atomic E-state index is -0.572. The molecule has 4 heteroatoms. The van der Waals surface area contributed by atoms with Gasteiger partial charge in [0.05, 0.1) is 6.61 Å². The van der Waals surface area contributed by atoms with Crippen LogP contribution in [0, 0.1) is 0 Å². The maximum absolute atomic E-state index is 8.83. The maximum atomic E-state index is 8.83. The van der Waals surface area contributed by atoms with E-state index in [1.165, 1.54) is 0 Å². The lowest BCUT2D eigenvalue weighted by Crippen LogP contribution is -2.42. The first kappa shape index (κ1) is 8.23. The summed E-state index contributed by atoms with van der Waals surface area (Å²) in [5.41, 5.74) is 5.13. The zero-order valence-electron chi connectivity index (χ0n) is 6.54. The fourth-order valence-electron chi connectivity index (χ4n) is 0.833. The molecule has 11 heavy (non-hydrogen) atoms. The molecule has 0 spiro atoms. The number of rotatable bonds is 3. The van der Waals surface area contributed by atoms with Crippen molar-refractivity contribution in [2.24, 2.45) is 5.73 Å². The van der Waals surface area contributed by atoms with Gasteiger partial charge in [0, 0.05) is 24.4 Å². The molecule has 0 aliphatic carbocycles. The van der Waals surface area contributed by atoms with Crippen molar-refractivity contribution in [1.29, 1.82) is 0 Å². The molecular formula is C7H13N3O. The number of aromatic amines is 1. The highest BCUT2D eigenvalue weighted by Gasteiger charge is 2.18. The third kappa shape index (κ3) is 2.32. The molecule has 4 N–H and O–H groups in total. The predicted molar refractivity (Wildman–Crippen MR) is 42.0 cm³/mol. The average molecular weight is 155 g/mol. The van der Waals surface area contributed by atoms with Crippen molar-refractivity contribution in [3.05, 3.63) is 18.2 Å². The molecule has 1 aromatic rings. The number of imidazole rings is 1. The molecule has 4 nitrogen and oxygen atoms in total. The van der Waals surface area contributed by atoms with Crippen LogP contribution in [0.3, 0.4) is 0 Å². The highest BCUT2D eigenvalue weighted by atomic mass is 16.3. The van der Waals surface area contributed by atoms with Gasteiger partial charge >= 0.3 is 0 Å². The molecule has 0 bridgehead atoms. The normalized spacial score (nSPS) is 16.3. The lowest BCUT2D eigenvalue weighted by molar-refractivity contribution is 0.206. The Balaban J connectivity index is 2.56. The van der Waals surface area contributed by atoms with E-state index >= 15 is 0 Å². The van der Waals surface area contributed by atoms with Gasteiger partial charge < -0.3 is 15.8 Å². The molecule has 0 fully saturated rings. The number of H-pyrrole nitrogens is 1. The minimum Gasteiger partial charge on any atom is -0.394 e. The largest absolute Gasteiger partial charge is 0.394 e. The van der Waals surface area contributed by atoms with Gasteiger partial charge in [-0.1, -0.05) is 0 Å². The SMILES string of the molecule is CC(N)(CO)Cc1ncc[nH]1. The minimum absolute atomic E-state index is 0.0340. The molecule has 1 atom stereocenters. The fourth-order valence-corrected chi connectivity index (χ4v) is 0.833. The van der Waals surface area contributed by atoms with Gasteiger partial charge in [0.25, 0.3) is 0 Å². The fraction of sp³-hybridized carbons (Fsp3) is 0.571. The van der Waals surface area contributed by atoms with Crippen LogP contribution in [0.25, 0.3) is 0 Å². The number of hydrogen-bond acceptors (Lipinski definition) is 3. The van der Waals surface area contributed by atoms with E-state index in [0.717, 1.165) is 5.82 Å². The molecule has 0 amide bonds. The summed E-state index contributed by atoms with van der Waals surface area (Å²) < 4.78 is 0. The summed E-state index contributed by atoms with van der Waals surface area (Å²) in [6.07, 6.45) is 3.97. The topological polar surface area (TPSA) is 74.9 Å². The van der Waals surface area contributed by atoms with Crippen LogP contribution in [0.1, 0.15) is 12.7 Å². The highest BCUT2D eigenvalue weighted by Crippen LogP contribution is 2.04. The Morgan fingerprint density at radius 2 is 2.55 bits per heavy atom. The summed E-state index contributed by atoms with van der Waals surface area (Å²) in [6.45, 7) is 1.75. The number of hydrogen-bond donors (Lipinski definition) is 3. The monoisotopic (exact) mass is 155 g/mol. The van der Waals surface area contributed by atoms with Crippen LogP contribution in [-0.4, -0.2) is 27.2 Å². The van der Waals surface area contributed by atoms with Crippen molar-refractivity contribution < 1.29 is 5.11 Å². The summed E-state index contributed by atoms with van der Waals surface area (Å²) in [4.78, 5) is 6.93. The predicted octanol–water partition coefficient (Wildman–Crippen LogP) is -0.338. The molecule has 0 aromatic carbocycles. The molecule has 0 saturated heterocycles. The van der Waals surface area contributed by atoms with Crippen molar-refractivity contribution >= 4 is 0 Å². The van der Waals surface area contributed by atoms with E-state index in [1.54, 1.807) is 19.3 Å². The molecular weight excluding hydrogens is 142 g/mol. The van der Waals surface area contributed by atoms with E-state index in [2.05, 4.69) is 9.97 Å². The molecule has 62 valence electrons. The Bertz CT molecular complexity index is 205. The van der Waals surface area contributed by atoms with Crippen LogP contribution >= 0.6 is 0 Å². The number of aliphatic hydroxyl groups is 1. The number of nitrogens with one attached hydrogen (secondary N) is 1. The van der Waals surface area contributed by atoms with Crippen LogP contribution in [0.5, 0.6) is 0 Å². The van der Waals surface area contributed by atoms with E-state index in [-0.39, 0.29) is 6.61 Å². The quantitative estimate of drug-likeness (QED) is 0.559. The first-order chi connectivity index (χ1) is 5.14. The van der Waals surface area contributed by atoms with Crippen LogP contribution in [0.4, 0.5) is 0 Å². The van der Waals surface area contributed by atoms with Gasteiger partial charge in [-0.05, 0) is 6.92 Å². The maximum Gasteiger partial charge on any atom is 0.107 e. The Labute approximate surface area is 65.5 Å². The van der Waals surface area contributed by atoms with Crippen molar-refractivity contribution in [3.8, 4) is 0 Å². The summed E-state index contributed by atoms with van der Waals surface area (Å²) in [5.74, 6) is 0.809. The van der Waals surface area contributed by atoms with E-state index < -0.39 is 5.54 Å². The van der Waals surface area contributed by atoms with Gasteiger partial charge in [0.15, 0.2) is 0 Å². The van der Waals surface area contributed by atoms with Crippen LogP contribution in [0.2, 0.25) is 0 Å². The number of nitrogens with zero attached hydrogens (tertiary/aromatic N) is 1. The molecule has 1 unspecified atom stereocenters. The van der Waals surface area contributed by atoms with Gasteiger partial charge in [-0.25, -0.2) is 4.98 Å². The number of aliphatic hydroxyl groups excluding tert-OH is 1. The standard InChI is InChI=1S/C7H13N3O/c1-7(8,5-11)4-6-9-2-3-10-6/h2-3,11H,4-5,8H2,1H3,(H,9,10). The molecule has 0 aliphatic rings. The molecule has 0 radical (unpaired) electrons. The molecule has 1 heterocycles. The van der Waals surface area contributed by atoms with E-state index in [4.69, 9.17) is 10.8 Å². The lowest BCUT2D eigenvalue weighted by atomic mass is 10.0. The second-order valence-electron chi connectivity index (χ2n) is 3.02. The zero-order valence-corrected chi connectivity index (χ0v) is 6.54. The Hall–Kier alpha value is -0.870. The van der Waals surface area contributed by atoms with Gasteiger partial charge in [0.2, 0.25) is 0 Å². The summed E-state index contributed by atoms with van der Waals surface area (Å²) in [5, 5.41) is 8.83. The Morgan fingerprint density at radius 3 is 3.00 bits per heavy atom. The summed E-state index contributed by atoms with van der Waals surface area (Å²) in [6, 6.07) is 0. The van der Waals surface area contributed by atoms with Crippen molar-refractivity contribution in [1.82, 2.24) is 9.97 Å². The van der Waals surface area contributed by atoms with E-state index in [1.807, 2.05) is 0 Å². The van der Waals surface area contributed by atoms with E-state index in [9.17, 15) is 0 Å². The van der Waals surface area contributed by atoms with Gasteiger partial charge in [0.1, 0.15) is 5.82 Å². The summed E-state index contributed by atoms with van der Waals surface area (Å²) >= 11 is 0. The van der Waals surface area contributed by atoms with E-state index in [0.29, 0.717) is 6.42 Å². The first-order valence-electron chi connectivity index (χ1n) is 3.52.